The molecule has 1 aromatic carbocycles. The lowest BCUT2D eigenvalue weighted by Gasteiger charge is -2.09. The molecule has 0 fully saturated rings. The molecule has 1 N–H and O–H groups in total. The van der Waals surface area contributed by atoms with Gasteiger partial charge < -0.3 is 5.11 Å². The zero-order valence-corrected chi connectivity index (χ0v) is 11.0. The number of nitrogens with zero attached hydrogens (tertiary/aromatic N) is 1. The fourth-order valence-electron chi connectivity index (χ4n) is 1.72. The monoisotopic (exact) mass is 281 g/mol. The van der Waals surface area contributed by atoms with Crippen molar-refractivity contribution in [2.24, 2.45) is 0 Å². The Bertz CT molecular complexity index is 626. The van der Waals surface area contributed by atoms with Crippen LogP contribution in [-0.4, -0.2) is 16.1 Å². The first-order chi connectivity index (χ1) is 8.50. The highest BCUT2D eigenvalue weighted by molar-refractivity contribution is 6.35. The second-order valence-corrected chi connectivity index (χ2v) is 4.61. The number of carboxylic acids is 1. The molecule has 0 aliphatic rings. The summed E-state index contributed by atoms with van der Waals surface area (Å²) in [4.78, 5) is 15.3. The van der Waals surface area contributed by atoms with Gasteiger partial charge in [0.1, 0.15) is 0 Å². The number of carboxylic acid groups (broad SMARTS) is 1. The molecule has 0 bridgehead atoms. The standard InChI is InChI=1S/C13H9Cl2NO2/c1-7-9(13(17)18)4-5-16-12(7)10-6-8(14)2-3-11(10)15/h2-6H,1H3,(H,17,18). The zero-order chi connectivity index (χ0) is 13.3. The maximum absolute atomic E-state index is 11.1. The lowest BCUT2D eigenvalue weighted by Crippen LogP contribution is -2.02. The van der Waals surface area contributed by atoms with Crippen LogP contribution in [0.5, 0.6) is 0 Å². The fourth-order valence-corrected chi connectivity index (χ4v) is 2.10. The van der Waals surface area contributed by atoms with Crippen LogP contribution in [0.2, 0.25) is 10.0 Å². The van der Waals surface area contributed by atoms with E-state index in [1.165, 1.54) is 12.3 Å². The lowest BCUT2D eigenvalue weighted by molar-refractivity contribution is 0.0696. The summed E-state index contributed by atoms with van der Waals surface area (Å²) in [5, 5.41) is 10.1. The summed E-state index contributed by atoms with van der Waals surface area (Å²) in [6.07, 6.45) is 1.45. The normalized spacial score (nSPS) is 10.4. The highest BCUT2D eigenvalue weighted by Crippen LogP contribution is 2.32. The summed E-state index contributed by atoms with van der Waals surface area (Å²) in [5.74, 6) is -0.991. The predicted molar refractivity (Wildman–Crippen MR) is 71.4 cm³/mol. The summed E-state index contributed by atoms with van der Waals surface area (Å²) < 4.78 is 0. The molecule has 0 radical (unpaired) electrons. The van der Waals surface area contributed by atoms with Gasteiger partial charge in [-0.25, -0.2) is 4.79 Å². The Labute approximate surface area is 114 Å². The summed E-state index contributed by atoms with van der Waals surface area (Å²) in [7, 11) is 0. The Hall–Kier alpha value is -1.58. The second kappa shape index (κ2) is 4.96. The van der Waals surface area contributed by atoms with Crippen LogP contribution in [0.1, 0.15) is 15.9 Å². The van der Waals surface area contributed by atoms with Gasteiger partial charge >= 0.3 is 5.97 Å². The Morgan fingerprint density at radius 2 is 2.00 bits per heavy atom. The van der Waals surface area contributed by atoms with Crippen LogP contribution in [0.4, 0.5) is 0 Å². The van der Waals surface area contributed by atoms with E-state index >= 15 is 0 Å². The van der Waals surface area contributed by atoms with Crippen molar-refractivity contribution in [3.8, 4) is 11.3 Å². The average Bonchev–Trinajstić information content (AvgIpc) is 2.32. The Kier molecular flexibility index (Phi) is 3.55. The van der Waals surface area contributed by atoms with Crippen molar-refractivity contribution in [2.75, 3.05) is 0 Å². The molecular weight excluding hydrogens is 273 g/mol. The van der Waals surface area contributed by atoms with E-state index in [2.05, 4.69) is 4.98 Å². The Morgan fingerprint density at radius 3 is 2.67 bits per heavy atom. The van der Waals surface area contributed by atoms with Crippen molar-refractivity contribution >= 4 is 29.2 Å². The van der Waals surface area contributed by atoms with E-state index < -0.39 is 5.97 Å². The van der Waals surface area contributed by atoms with Gasteiger partial charge in [0.15, 0.2) is 0 Å². The molecule has 0 amide bonds. The van der Waals surface area contributed by atoms with Crippen molar-refractivity contribution < 1.29 is 9.90 Å². The minimum Gasteiger partial charge on any atom is -0.478 e. The van der Waals surface area contributed by atoms with Crippen LogP contribution in [0.25, 0.3) is 11.3 Å². The molecule has 5 heteroatoms. The van der Waals surface area contributed by atoms with Crippen molar-refractivity contribution in [1.29, 1.82) is 0 Å². The number of hydrogen-bond acceptors (Lipinski definition) is 2. The van der Waals surface area contributed by atoms with E-state index in [0.29, 0.717) is 26.9 Å². The molecule has 0 aliphatic carbocycles. The van der Waals surface area contributed by atoms with Crippen molar-refractivity contribution in [3.05, 3.63) is 51.6 Å². The number of aromatic nitrogens is 1. The fraction of sp³-hybridized carbons (Fsp3) is 0.0769. The minimum atomic E-state index is -0.991. The average molecular weight is 282 g/mol. The summed E-state index contributed by atoms with van der Waals surface area (Å²) in [6, 6.07) is 6.46. The molecular formula is C13H9Cl2NO2. The maximum atomic E-state index is 11.1. The third kappa shape index (κ3) is 2.33. The molecule has 0 atom stereocenters. The first kappa shape index (κ1) is 12.9. The minimum absolute atomic E-state index is 0.205. The van der Waals surface area contributed by atoms with E-state index in [4.69, 9.17) is 28.3 Å². The van der Waals surface area contributed by atoms with Gasteiger partial charge in [0.2, 0.25) is 0 Å². The number of rotatable bonds is 2. The molecule has 0 saturated carbocycles. The van der Waals surface area contributed by atoms with Crippen molar-refractivity contribution in [1.82, 2.24) is 4.98 Å². The highest BCUT2D eigenvalue weighted by atomic mass is 35.5. The number of aromatic carboxylic acids is 1. The first-order valence-electron chi connectivity index (χ1n) is 5.15. The Morgan fingerprint density at radius 1 is 1.28 bits per heavy atom. The van der Waals surface area contributed by atoms with E-state index in [1.807, 2.05) is 0 Å². The number of benzene rings is 1. The van der Waals surface area contributed by atoms with Crippen molar-refractivity contribution in [3.63, 3.8) is 0 Å². The van der Waals surface area contributed by atoms with Gasteiger partial charge in [-0.1, -0.05) is 23.2 Å². The third-order valence-corrected chi connectivity index (χ3v) is 3.18. The van der Waals surface area contributed by atoms with Crippen LogP contribution in [0.15, 0.2) is 30.5 Å². The summed E-state index contributed by atoms with van der Waals surface area (Å²) in [5.41, 5.74) is 1.93. The smallest absolute Gasteiger partial charge is 0.336 e. The van der Waals surface area contributed by atoms with Gasteiger partial charge in [-0.15, -0.1) is 0 Å². The van der Waals surface area contributed by atoms with E-state index in [0.717, 1.165) is 0 Å². The molecule has 0 unspecified atom stereocenters. The molecule has 2 rings (SSSR count). The molecule has 1 heterocycles. The first-order valence-corrected chi connectivity index (χ1v) is 5.90. The van der Waals surface area contributed by atoms with Gasteiger partial charge in [-0.3, -0.25) is 4.98 Å². The van der Waals surface area contributed by atoms with Crippen LogP contribution in [0.3, 0.4) is 0 Å². The number of carbonyl (C=O) groups is 1. The topological polar surface area (TPSA) is 50.2 Å². The van der Waals surface area contributed by atoms with E-state index in [1.54, 1.807) is 25.1 Å². The molecule has 92 valence electrons. The van der Waals surface area contributed by atoms with E-state index in [-0.39, 0.29) is 5.56 Å². The molecule has 1 aromatic heterocycles. The largest absolute Gasteiger partial charge is 0.478 e. The second-order valence-electron chi connectivity index (χ2n) is 3.76. The molecule has 18 heavy (non-hydrogen) atoms. The number of pyridine rings is 1. The van der Waals surface area contributed by atoms with Gasteiger partial charge in [0.05, 0.1) is 16.3 Å². The number of halogens is 2. The van der Waals surface area contributed by atoms with Crippen LogP contribution in [-0.2, 0) is 0 Å². The highest BCUT2D eigenvalue weighted by Gasteiger charge is 2.14. The van der Waals surface area contributed by atoms with Gasteiger partial charge in [-0.05, 0) is 36.8 Å². The zero-order valence-electron chi connectivity index (χ0n) is 9.45. The molecule has 0 aliphatic heterocycles. The van der Waals surface area contributed by atoms with Gasteiger partial charge in [0.25, 0.3) is 0 Å². The molecule has 0 saturated heterocycles. The maximum Gasteiger partial charge on any atom is 0.336 e. The quantitative estimate of drug-likeness (QED) is 0.903. The summed E-state index contributed by atoms with van der Waals surface area (Å²) in [6.45, 7) is 1.70. The van der Waals surface area contributed by atoms with Crippen LogP contribution >= 0.6 is 23.2 Å². The molecule has 3 nitrogen and oxygen atoms in total. The van der Waals surface area contributed by atoms with E-state index in [9.17, 15) is 4.79 Å². The van der Waals surface area contributed by atoms with Crippen LogP contribution < -0.4 is 0 Å². The number of hydrogen-bond donors (Lipinski definition) is 1. The SMILES string of the molecule is Cc1c(C(=O)O)ccnc1-c1cc(Cl)ccc1Cl. The lowest BCUT2D eigenvalue weighted by atomic mass is 10.0. The predicted octanol–water partition coefficient (Wildman–Crippen LogP) is 4.06. The third-order valence-electron chi connectivity index (χ3n) is 2.62. The molecule has 0 spiro atoms. The molecule has 2 aromatic rings. The summed E-state index contributed by atoms with van der Waals surface area (Å²) >= 11 is 12.0. The van der Waals surface area contributed by atoms with Crippen molar-refractivity contribution in [2.45, 2.75) is 6.92 Å². The van der Waals surface area contributed by atoms with Gasteiger partial charge in [0, 0.05) is 16.8 Å². The van der Waals surface area contributed by atoms with Gasteiger partial charge in [-0.2, -0.15) is 0 Å². The van der Waals surface area contributed by atoms with Crippen LogP contribution in [0, 0.1) is 6.92 Å². The Balaban J connectivity index is 2.68.